The second-order valence-corrected chi connectivity index (χ2v) is 7.53. The molecular weight excluding hydrogens is 459 g/mol. The van der Waals surface area contributed by atoms with Gasteiger partial charge < -0.3 is 19.9 Å². The van der Waals surface area contributed by atoms with Gasteiger partial charge in [0.25, 0.3) is 0 Å². The predicted octanol–water partition coefficient (Wildman–Crippen LogP) is 3.76. The second kappa shape index (κ2) is 10.1. The Morgan fingerprint density at radius 1 is 0.939 bits per heavy atom. The zero-order valence-corrected chi connectivity index (χ0v) is 18.2. The van der Waals surface area contributed by atoms with E-state index in [1.54, 1.807) is 0 Å². The van der Waals surface area contributed by atoms with E-state index in [0.29, 0.717) is 57.0 Å². The molecule has 12 heteroatoms. The Kier molecular flexibility index (Phi) is 6.97. The van der Waals surface area contributed by atoms with Gasteiger partial charge in [-0.1, -0.05) is 18.2 Å². The monoisotopic (exact) mass is 479 g/mol. The summed E-state index contributed by atoms with van der Waals surface area (Å²) in [6.07, 6.45) is -3.55. The number of rotatable bonds is 7. The smallest absolute Gasteiger partial charge is 0.417 e. The highest BCUT2D eigenvalue weighted by molar-refractivity contribution is 6.28. The number of halogens is 4. The van der Waals surface area contributed by atoms with Crippen molar-refractivity contribution >= 4 is 29.3 Å². The molecule has 0 bridgehead atoms. The van der Waals surface area contributed by atoms with Crippen LogP contribution in [0.2, 0.25) is 5.28 Å². The highest BCUT2D eigenvalue weighted by Gasteiger charge is 2.31. The third-order valence-electron chi connectivity index (χ3n) is 4.96. The average Bonchev–Trinajstić information content (AvgIpc) is 2.82. The number of alkyl halides is 3. The third-order valence-corrected chi connectivity index (χ3v) is 5.12. The van der Waals surface area contributed by atoms with E-state index in [1.807, 2.05) is 40.1 Å². The number of nitrogens with zero attached hydrogens (tertiary/aromatic N) is 6. The lowest BCUT2D eigenvalue weighted by molar-refractivity contribution is -0.137. The van der Waals surface area contributed by atoms with Crippen LogP contribution in [0.3, 0.4) is 0 Å². The molecule has 1 fully saturated rings. The number of hydrogen-bond donors (Lipinski definition) is 1. The molecule has 0 amide bonds. The zero-order valence-electron chi connectivity index (χ0n) is 17.5. The number of anilines is 3. The maximum absolute atomic E-state index is 12.7. The fourth-order valence-corrected chi connectivity index (χ4v) is 3.44. The highest BCUT2D eigenvalue weighted by atomic mass is 35.5. The van der Waals surface area contributed by atoms with Gasteiger partial charge in [-0.15, -0.1) is 0 Å². The molecule has 0 unspecified atom stereocenters. The molecule has 33 heavy (non-hydrogen) atoms. The number of aromatic nitrogens is 4. The number of pyridine rings is 1. The van der Waals surface area contributed by atoms with Crippen LogP contribution in [0.15, 0.2) is 48.7 Å². The molecule has 1 saturated heterocycles. The van der Waals surface area contributed by atoms with Crippen LogP contribution in [0.4, 0.5) is 30.9 Å². The molecular formula is C21H21ClF3N7O. The zero-order chi connectivity index (χ0) is 23.3. The van der Waals surface area contributed by atoms with Gasteiger partial charge in [0, 0.05) is 32.4 Å². The fraction of sp³-hybridized carbons (Fsp3) is 0.333. The Labute approximate surface area is 193 Å². The Hall–Kier alpha value is -3.34. The first kappa shape index (κ1) is 22.8. The number of benzene rings is 1. The summed E-state index contributed by atoms with van der Waals surface area (Å²) in [6, 6.07) is 11.9. The van der Waals surface area contributed by atoms with Gasteiger partial charge in [0.1, 0.15) is 18.2 Å². The molecule has 2 aromatic heterocycles. The first-order valence-electron chi connectivity index (χ1n) is 10.2. The van der Waals surface area contributed by atoms with Gasteiger partial charge >= 0.3 is 6.18 Å². The molecule has 3 aromatic rings. The van der Waals surface area contributed by atoms with E-state index in [-0.39, 0.29) is 5.28 Å². The Balaban J connectivity index is 1.31. The van der Waals surface area contributed by atoms with Crippen molar-refractivity contribution in [2.45, 2.75) is 6.18 Å². The van der Waals surface area contributed by atoms with E-state index < -0.39 is 11.7 Å². The summed E-state index contributed by atoms with van der Waals surface area (Å²) >= 11 is 6.08. The van der Waals surface area contributed by atoms with Crippen LogP contribution in [0, 0.1) is 0 Å². The number of para-hydroxylation sites is 1. The molecule has 0 aliphatic carbocycles. The summed E-state index contributed by atoms with van der Waals surface area (Å²) < 4.78 is 43.9. The molecule has 174 valence electrons. The Morgan fingerprint density at radius 2 is 1.67 bits per heavy atom. The van der Waals surface area contributed by atoms with Crippen molar-refractivity contribution in [3.05, 3.63) is 59.5 Å². The summed E-state index contributed by atoms with van der Waals surface area (Å²) in [5.41, 5.74) is -0.765. The minimum Gasteiger partial charge on any atom is -0.492 e. The first-order valence-corrected chi connectivity index (χ1v) is 10.6. The van der Waals surface area contributed by atoms with Crippen molar-refractivity contribution in [3.8, 4) is 5.75 Å². The molecule has 8 nitrogen and oxygen atoms in total. The lowest BCUT2D eigenvalue weighted by Crippen LogP contribution is -2.47. The van der Waals surface area contributed by atoms with Gasteiger partial charge in [0.2, 0.25) is 17.2 Å². The molecule has 0 saturated carbocycles. The van der Waals surface area contributed by atoms with Crippen LogP contribution in [-0.2, 0) is 6.18 Å². The minimum absolute atomic E-state index is 0.0679. The maximum atomic E-state index is 12.7. The topological polar surface area (TPSA) is 79.3 Å². The van der Waals surface area contributed by atoms with Crippen LogP contribution in [0.5, 0.6) is 5.75 Å². The molecule has 0 radical (unpaired) electrons. The van der Waals surface area contributed by atoms with Gasteiger partial charge in [0.15, 0.2) is 0 Å². The lowest BCUT2D eigenvalue weighted by atomic mass is 10.2. The van der Waals surface area contributed by atoms with Gasteiger partial charge in [-0.05, 0) is 35.9 Å². The van der Waals surface area contributed by atoms with Crippen LogP contribution in [0.25, 0.3) is 0 Å². The van der Waals surface area contributed by atoms with Crippen molar-refractivity contribution in [2.75, 3.05) is 54.4 Å². The van der Waals surface area contributed by atoms with Crippen molar-refractivity contribution in [3.63, 3.8) is 0 Å². The van der Waals surface area contributed by atoms with Crippen molar-refractivity contribution in [1.82, 2.24) is 19.9 Å². The van der Waals surface area contributed by atoms with Crippen LogP contribution < -0.4 is 19.9 Å². The van der Waals surface area contributed by atoms with Crippen LogP contribution in [-0.4, -0.2) is 59.3 Å². The fourth-order valence-electron chi connectivity index (χ4n) is 3.28. The molecule has 1 aromatic carbocycles. The van der Waals surface area contributed by atoms with Gasteiger partial charge in [-0.3, -0.25) is 0 Å². The summed E-state index contributed by atoms with van der Waals surface area (Å²) in [5.74, 6) is 2.04. The van der Waals surface area contributed by atoms with Crippen molar-refractivity contribution in [2.24, 2.45) is 0 Å². The average molecular weight is 480 g/mol. The van der Waals surface area contributed by atoms with Gasteiger partial charge in [-0.2, -0.15) is 28.1 Å². The lowest BCUT2D eigenvalue weighted by Gasteiger charge is -2.35. The molecule has 4 rings (SSSR count). The van der Waals surface area contributed by atoms with Gasteiger partial charge in [-0.25, -0.2) is 4.98 Å². The molecule has 1 N–H and O–H groups in total. The van der Waals surface area contributed by atoms with E-state index in [2.05, 4.69) is 25.3 Å². The second-order valence-electron chi connectivity index (χ2n) is 7.19. The van der Waals surface area contributed by atoms with E-state index in [0.717, 1.165) is 18.0 Å². The van der Waals surface area contributed by atoms with E-state index >= 15 is 0 Å². The van der Waals surface area contributed by atoms with Crippen LogP contribution in [0.1, 0.15) is 5.56 Å². The Morgan fingerprint density at radius 3 is 2.33 bits per heavy atom. The predicted molar refractivity (Wildman–Crippen MR) is 119 cm³/mol. The quantitative estimate of drug-likeness (QED) is 0.513. The molecule has 1 aliphatic rings. The van der Waals surface area contributed by atoms with E-state index in [4.69, 9.17) is 16.3 Å². The third kappa shape index (κ3) is 6.13. The van der Waals surface area contributed by atoms with E-state index in [9.17, 15) is 13.2 Å². The number of piperazine rings is 1. The van der Waals surface area contributed by atoms with E-state index in [1.165, 1.54) is 6.07 Å². The first-order chi connectivity index (χ1) is 15.9. The van der Waals surface area contributed by atoms with Crippen LogP contribution >= 0.6 is 11.6 Å². The summed E-state index contributed by atoms with van der Waals surface area (Å²) in [7, 11) is 0. The highest BCUT2D eigenvalue weighted by Crippen LogP contribution is 2.29. The van der Waals surface area contributed by atoms with Gasteiger partial charge in [0.05, 0.1) is 12.1 Å². The number of nitrogens with one attached hydrogen (secondary N) is 1. The normalized spacial score (nSPS) is 14.3. The molecule has 1 aliphatic heterocycles. The van der Waals surface area contributed by atoms with Crippen molar-refractivity contribution in [1.29, 1.82) is 0 Å². The number of ether oxygens (including phenoxy) is 1. The summed E-state index contributed by atoms with van der Waals surface area (Å²) in [4.78, 5) is 20.6. The maximum Gasteiger partial charge on any atom is 0.417 e. The number of hydrogen-bond acceptors (Lipinski definition) is 8. The largest absolute Gasteiger partial charge is 0.492 e. The molecule has 0 atom stereocenters. The summed E-state index contributed by atoms with van der Waals surface area (Å²) in [5, 5.41) is 3.14. The molecule has 0 spiro atoms. The SMILES string of the molecule is FC(F)(F)c1ccc(N2CCN(c3nc(Cl)nc(NCCOc4ccccc4)n3)CC2)nc1. The minimum atomic E-state index is -4.40. The van der Waals surface area contributed by atoms with Crippen molar-refractivity contribution < 1.29 is 17.9 Å². The summed E-state index contributed by atoms with van der Waals surface area (Å²) in [6.45, 7) is 3.10. The Bertz CT molecular complexity index is 1050. The molecule has 3 heterocycles. The standard InChI is InChI=1S/C21H21ClF3N7O/c22-18-28-19(26-8-13-33-16-4-2-1-3-5-16)30-20(29-18)32-11-9-31(10-12-32)17-7-6-15(14-27-17)21(23,24)25/h1-7,14H,8-13H2,(H,26,28,29,30).